The second-order valence-electron chi connectivity index (χ2n) is 9.70. The third-order valence-corrected chi connectivity index (χ3v) is 9.09. The van der Waals surface area contributed by atoms with Crippen LogP contribution in [-0.4, -0.2) is 34.1 Å². The largest absolute Gasteiger partial charge is 0.467 e. The van der Waals surface area contributed by atoms with Crippen molar-refractivity contribution in [2.45, 2.75) is 0 Å². The Hall–Kier alpha value is -3.43. The number of methoxy groups -OCH3 is 2. The first kappa shape index (κ1) is 40.0. The lowest BCUT2D eigenvalue weighted by Gasteiger charge is -2.14. The summed E-state index contributed by atoms with van der Waals surface area (Å²) in [4.78, 5) is 11.4. The van der Waals surface area contributed by atoms with E-state index in [1.807, 2.05) is 84.9 Å². The molecule has 49 heavy (non-hydrogen) atoms. The van der Waals surface area contributed by atoms with Crippen molar-refractivity contribution in [1.29, 1.82) is 0 Å². The molecule has 0 aliphatic carbocycles. The van der Waals surface area contributed by atoms with Gasteiger partial charge in [0.25, 0.3) is 0 Å². The van der Waals surface area contributed by atoms with Crippen LogP contribution in [0.3, 0.4) is 0 Å². The van der Waals surface area contributed by atoms with Crippen molar-refractivity contribution >= 4 is 99.2 Å². The highest BCUT2D eigenvalue weighted by Gasteiger charge is 2.14. The zero-order chi connectivity index (χ0) is 35.3. The first-order valence-corrected chi connectivity index (χ1v) is 21.1. The van der Waals surface area contributed by atoms with E-state index in [1.54, 1.807) is 20.3 Å². The van der Waals surface area contributed by atoms with Crippen molar-refractivity contribution in [2.75, 3.05) is 27.8 Å². The molecule has 12 heteroatoms. The molecule has 0 amide bonds. The number of carbonyl (C=O) groups excluding carboxylic acids is 1. The van der Waals surface area contributed by atoms with E-state index in [4.69, 9.17) is 18.9 Å². The third-order valence-electron chi connectivity index (χ3n) is 6.87. The molecular weight excluding hydrogens is 749 g/mol. The molecule has 0 unspecified atom stereocenters. The Bertz CT molecular complexity index is 2040. The first-order valence-electron chi connectivity index (χ1n) is 14.5. The van der Waals surface area contributed by atoms with Gasteiger partial charge in [0.15, 0.2) is 19.9 Å². The summed E-state index contributed by atoms with van der Waals surface area (Å²) in [5, 5.41) is 4.24. The maximum Gasteiger partial charge on any atom is 0.188 e. The molecule has 0 aliphatic heterocycles. The normalized spacial score (nSPS) is 9.76. The molecule has 0 saturated heterocycles. The van der Waals surface area contributed by atoms with Crippen LogP contribution >= 0.6 is 0 Å². The van der Waals surface area contributed by atoms with Crippen LogP contribution in [0.15, 0.2) is 127 Å². The number of ether oxygens (including phenoxy) is 4. The van der Waals surface area contributed by atoms with E-state index >= 15 is 0 Å². The molecular formula is C37H32O5S7. The van der Waals surface area contributed by atoms with Gasteiger partial charge in [-0.2, -0.15) is 0 Å². The molecule has 0 bridgehead atoms. The van der Waals surface area contributed by atoms with Crippen molar-refractivity contribution < 1.29 is 23.7 Å². The summed E-state index contributed by atoms with van der Waals surface area (Å²) in [5.41, 5.74) is 5.00. The first-order chi connectivity index (χ1) is 24.1. The summed E-state index contributed by atoms with van der Waals surface area (Å²) < 4.78 is 21.4. The number of carbonyl (C=O) groups is 1. The van der Waals surface area contributed by atoms with Crippen LogP contribution in [0.1, 0.15) is 10.4 Å². The monoisotopic (exact) mass is 780 g/mol. The van der Waals surface area contributed by atoms with Crippen molar-refractivity contribution in [3.8, 4) is 33.8 Å². The summed E-state index contributed by atoms with van der Waals surface area (Å²) in [6.45, 7) is 0.352. The van der Waals surface area contributed by atoms with E-state index in [1.165, 1.54) is 34.3 Å². The van der Waals surface area contributed by atoms with E-state index in [9.17, 15) is 4.79 Å². The Morgan fingerprint density at radius 3 is 1.51 bits per heavy atom. The summed E-state index contributed by atoms with van der Waals surface area (Å²) in [5.74, 6) is 1.41. The van der Waals surface area contributed by atoms with E-state index < -0.39 is 0 Å². The van der Waals surface area contributed by atoms with Gasteiger partial charge >= 0.3 is 0 Å². The molecule has 6 aromatic carbocycles. The van der Waals surface area contributed by atoms with Crippen molar-refractivity contribution in [3.63, 3.8) is 0 Å². The Morgan fingerprint density at radius 2 is 1.02 bits per heavy atom. The van der Waals surface area contributed by atoms with Crippen molar-refractivity contribution in [1.82, 2.24) is 0 Å². The van der Waals surface area contributed by atoms with Gasteiger partial charge in [-0.3, -0.25) is 4.79 Å². The molecule has 0 spiro atoms. The van der Waals surface area contributed by atoms with Crippen LogP contribution in [0, 0.1) is 0 Å². The van der Waals surface area contributed by atoms with Crippen LogP contribution in [-0.2, 0) is 80.9 Å². The lowest BCUT2D eigenvalue weighted by molar-refractivity contribution is 0.0516. The highest BCUT2D eigenvalue weighted by atomic mass is 33.2. The molecule has 5 nitrogen and oxygen atoms in total. The second-order valence-corrected chi connectivity index (χ2v) is 15.0. The molecule has 0 radical (unpaired) electrons. The second kappa shape index (κ2) is 23.1. The quantitative estimate of drug-likeness (QED) is 0.106. The number of aldehydes is 1. The molecule has 0 heterocycles. The van der Waals surface area contributed by atoms with Crippen LogP contribution in [0.4, 0.5) is 0 Å². The van der Waals surface area contributed by atoms with Gasteiger partial charge in [0.05, 0.1) is 5.56 Å². The molecule has 0 saturated carbocycles. The molecule has 6 aromatic rings. The van der Waals surface area contributed by atoms with Gasteiger partial charge in [-0.15, -0.1) is 0 Å². The summed E-state index contributed by atoms with van der Waals surface area (Å²) in [7, 11) is 6.45. The minimum atomic E-state index is 0.100. The maximum atomic E-state index is 11.4. The van der Waals surface area contributed by atoms with Gasteiger partial charge < -0.3 is 18.9 Å². The number of rotatable bonds is 9. The van der Waals surface area contributed by atoms with Crippen LogP contribution in [0.5, 0.6) is 11.5 Å². The van der Waals surface area contributed by atoms with Gasteiger partial charge in [-0.25, -0.2) is 0 Å². The zero-order valence-corrected chi connectivity index (χ0v) is 32.2. The highest BCUT2D eigenvalue weighted by molar-refractivity contribution is 8.51. The van der Waals surface area contributed by atoms with Gasteiger partial charge in [0, 0.05) is 96.4 Å². The smallest absolute Gasteiger partial charge is 0.188 e. The predicted octanol–water partition coefficient (Wildman–Crippen LogP) is 8.77. The fraction of sp³-hybridized carbons (Fsp3) is 0.108. The molecule has 0 N–H and O–H groups in total. The van der Waals surface area contributed by atoms with E-state index in [-0.39, 0.29) is 13.6 Å². The van der Waals surface area contributed by atoms with Gasteiger partial charge in [0.2, 0.25) is 0 Å². The summed E-state index contributed by atoms with van der Waals surface area (Å²) in [6.07, 6.45) is 0.812. The number of hydrogen-bond acceptors (Lipinski definition) is 9. The Balaban J connectivity index is 0.000000224. The van der Waals surface area contributed by atoms with Gasteiger partial charge in [-0.1, -0.05) is 115 Å². The molecule has 252 valence electrons. The number of benzene rings is 6. The minimum absolute atomic E-state index is 0.100. The highest BCUT2D eigenvalue weighted by Crippen LogP contribution is 2.38. The standard InChI is InChI=1S/C19H16O3.C18H16O2.S4.S3/c1-21-13-22-19-16(12-20)11-10-15-8-5-9-17(18(15)19)14-6-3-2-4-7-14;1-19-13-20-17-12-6-10-15-9-5-11-16(18(15)17)14-7-3-2-4-8-14;1-3-4-2;1-3-2/h2-12H,13H2,1H3;2-12H,13H2,1H3;;. The van der Waals surface area contributed by atoms with Crippen molar-refractivity contribution in [3.05, 3.63) is 133 Å². The Kier molecular flexibility index (Phi) is 18.8. The van der Waals surface area contributed by atoms with E-state index in [0.29, 0.717) is 11.3 Å². The van der Waals surface area contributed by atoms with Crippen LogP contribution in [0.25, 0.3) is 43.8 Å². The molecule has 6 rings (SSSR count). The SMILES string of the molecule is COCOc1c(C=O)ccc2cccc(-c3ccccc3)c12.COCOc1cccc2cccc(-c3ccccc3)c12.S=S=S.S=S=S=S. The predicted molar refractivity (Wildman–Crippen MR) is 221 cm³/mol. The van der Waals surface area contributed by atoms with Crippen LogP contribution < -0.4 is 9.47 Å². The lowest BCUT2D eigenvalue weighted by Crippen LogP contribution is -2.02. The van der Waals surface area contributed by atoms with Gasteiger partial charge in [-0.05, 0) is 45.2 Å². The van der Waals surface area contributed by atoms with E-state index in [2.05, 4.69) is 81.2 Å². The molecule has 0 aromatic heterocycles. The Labute approximate surface area is 315 Å². The topological polar surface area (TPSA) is 54.0 Å². The van der Waals surface area contributed by atoms with Crippen LogP contribution in [0.2, 0.25) is 0 Å². The van der Waals surface area contributed by atoms with E-state index in [0.717, 1.165) is 48.2 Å². The Morgan fingerprint density at radius 1 is 0.551 bits per heavy atom. The van der Waals surface area contributed by atoms with Crippen molar-refractivity contribution in [2.24, 2.45) is 0 Å². The number of fused-ring (bicyclic) bond motifs is 2. The van der Waals surface area contributed by atoms with Gasteiger partial charge in [0.1, 0.15) is 11.5 Å². The third kappa shape index (κ3) is 11.8. The average molecular weight is 781 g/mol. The molecule has 0 aliphatic rings. The minimum Gasteiger partial charge on any atom is -0.467 e. The maximum absolute atomic E-state index is 11.4. The average Bonchev–Trinajstić information content (AvgIpc) is 3.16. The summed E-state index contributed by atoms with van der Waals surface area (Å²) in [6, 6.07) is 42.5. The molecule has 0 fully saturated rings. The molecule has 0 atom stereocenters. The fourth-order valence-electron chi connectivity index (χ4n) is 4.99. The summed E-state index contributed by atoms with van der Waals surface area (Å²) >= 11 is 16.9. The zero-order valence-electron chi connectivity index (χ0n) is 26.5. The lowest BCUT2D eigenvalue weighted by atomic mass is 9.96. The fourth-order valence-corrected chi connectivity index (χ4v) is 4.99. The number of hydrogen-bond donors (Lipinski definition) is 0.